The Labute approximate surface area is 126 Å². The quantitative estimate of drug-likeness (QED) is 0.695. The van der Waals surface area contributed by atoms with E-state index in [0.717, 1.165) is 11.3 Å². The fourth-order valence-corrected chi connectivity index (χ4v) is 2.69. The molecule has 2 rings (SSSR count). The van der Waals surface area contributed by atoms with Crippen LogP contribution in [0.4, 0.5) is 0 Å². The third kappa shape index (κ3) is 3.16. The smallest absolute Gasteiger partial charge is 0.118 e. The number of hydrogen-bond donors (Lipinski definition) is 0. The molecule has 0 bridgehead atoms. The van der Waals surface area contributed by atoms with Gasteiger partial charge in [0.05, 0.1) is 12.5 Å². The molecule has 0 aliphatic carbocycles. The summed E-state index contributed by atoms with van der Waals surface area (Å²) in [6.07, 6.45) is 0. The first-order valence-corrected chi connectivity index (χ1v) is 7.24. The van der Waals surface area contributed by atoms with E-state index in [1.165, 1.54) is 11.1 Å². The summed E-state index contributed by atoms with van der Waals surface area (Å²) in [5.41, 5.74) is 3.63. The van der Waals surface area contributed by atoms with Crippen molar-refractivity contribution in [2.75, 3.05) is 7.11 Å². The zero-order chi connectivity index (χ0) is 14.8. The number of benzene rings is 2. The van der Waals surface area contributed by atoms with Gasteiger partial charge in [-0.25, -0.2) is 0 Å². The van der Waals surface area contributed by atoms with E-state index in [0.29, 0.717) is 0 Å². The predicted molar refractivity (Wildman–Crippen MR) is 85.8 cm³/mol. The van der Waals surface area contributed by atoms with Crippen molar-refractivity contribution in [3.8, 4) is 5.75 Å². The van der Waals surface area contributed by atoms with E-state index in [1.807, 2.05) is 30.3 Å². The summed E-state index contributed by atoms with van der Waals surface area (Å²) in [6, 6.07) is 16.3. The average molecular weight is 289 g/mol. The Balaban J connectivity index is 2.40. The number of ether oxygens (including phenoxy) is 1. The van der Waals surface area contributed by atoms with Crippen LogP contribution in [0, 0.1) is 0 Å². The second-order valence-electron chi connectivity index (χ2n) is 5.97. The second-order valence-corrected chi connectivity index (χ2v) is 6.41. The Morgan fingerprint density at radius 3 is 2.10 bits per heavy atom. The molecule has 0 N–H and O–H groups in total. The first-order chi connectivity index (χ1) is 9.43. The van der Waals surface area contributed by atoms with Crippen LogP contribution in [0.2, 0.25) is 0 Å². The number of rotatable bonds is 3. The van der Waals surface area contributed by atoms with Crippen molar-refractivity contribution in [2.45, 2.75) is 31.6 Å². The molecule has 2 aromatic carbocycles. The van der Waals surface area contributed by atoms with Crippen molar-refractivity contribution in [3.05, 3.63) is 65.2 Å². The van der Waals surface area contributed by atoms with Crippen molar-refractivity contribution in [2.24, 2.45) is 0 Å². The topological polar surface area (TPSA) is 9.23 Å². The van der Waals surface area contributed by atoms with Crippen LogP contribution in [-0.2, 0) is 5.41 Å². The molecule has 0 heterocycles. The van der Waals surface area contributed by atoms with E-state index in [4.69, 9.17) is 16.3 Å². The van der Waals surface area contributed by atoms with Gasteiger partial charge in [-0.1, -0.05) is 57.2 Å². The molecule has 20 heavy (non-hydrogen) atoms. The third-order valence-electron chi connectivity index (χ3n) is 3.45. The Hall–Kier alpha value is -1.47. The van der Waals surface area contributed by atoms with Crippen LogP contribution in [0.15, 0.2) is 48.5 Å². The first kappa shape index (κ1) is 14.9. The van der Waals surface area contributed by atoms with Gasteiger partial charge in [0.2, 0.25) is 0 Å². The summed E-state index contributed by atoms with van der Waals surface area (Å²) in [5, 5.41) is -0.142. The Morgan fingerprint density at radius 1 is 0.950 bits per heavy atom. The molecule has 0 saturated heterocycles. The monoisotopic (exact) mass is 288 g/mol. The van der Waals surface area contributed by atoms with E-state index >= 15 is 0 Å². The summed E-state index contributed by atoms with van der Waals surface area (Å²) in [7, 11) is 1.67. The SMILES string of the molecule is COc1ccc(C(Cl)c2ccccc2C(C)(C)C)cc1. The lowest BCUT2D eigenvalue weighted by Crippen LogP contribution is -2.15. The molecule has 106 valence electrons. The van der Waals surface area contributed by atoms with Gasteiger partial charge < -0.3 is 4.74 Å². The fraction of sp³-hybridized carbons (Fsp3) is 0.333. The van der Waals surface area contributed by atoms with Crippen molar-refractivity contribution in [1.29, 1.82) is 0 Å². The van der Waals surface area contributed by atoms with Gasteiger partial charge in [0.1, 0.15) is 5.75 Å². The fourth-order valence-electron chi connectivity index (χ4n) is 2.35. The standard InChI is InChI=1S/C18H21ClO/c1-18(2,3)16-8-6-5-7-15(16)17(19)13-9-11-14(20-4)12-10-13/h5-12,17H,1-4H3. The lowest BCUT2D eigenvalue weighted by atomic mass is 9.82. The minimum atomic E-state index is -0.142. The van der Waals surface area contributed by atoms with E-state index < -0.39 is 0 Å². The Morgan fingerprint density at radius 2 is 1.55 bits per heavy atom. The van der Waals surface area contributed by atoms with Gasteiger partial charge in [0, 0.05) is 0 Å². The molecule has 1 nitrogen and oxygen atoms in total. The molecule has 1 atom stereocenters. The normalized spacial score (nSPS) is 13.1. The summed E-state index contributed by atoms with van der Waals surface area (Å²) in [4.78, 5) is 0. The minimum absolute atomic E-state index is 0.0796. The summed E-state index contributed by atoms with van der Waals surface area (Å²) >= 11 is 6.70. The molecular weight excluding hydrogens is 268 g/mol. The maximum Gasteiger partial charge on any atom is 0.118 e. The molecule has 0 spiro atoms. The summed E-state index contributed by atoms with van der Waals surface area (Å²) < 4.78 is 5.19. The second kappa shape index (κ2) is 5.88. The molecule has 0 radical (unpaired) electrons. The van der Waals surface area contributed by atoms with Gasteiger partial charge in [-0.3, -0.25) is 0 Å². The van der Waals surface area contributed by atoms with E-state index in [-0.39, 0.29) is 10.8 Å². The maximum atomic E-state index is 6.70. The molecule has 0 fully saturated rings. The summed E-state index contributed by atoms with van der Waals surface area (Å²) in [6.45, 7) is 6.64. The largest absolute Gasteiger partial charge is 0.497 e. The van der Waals surface area contributed by atoms with Crippen LogP contribution in [0.1, 0.15) is 42.8 Å². The zero-order valence-electron chi connectivity index (χ0n) is 12.5. The molecule has 2 aromatic rings. The number of alkyl halides is 1. The van der Waals surface area contributed by atoms with E-state index in [1.54, 1.807) is 7.11 Å². The molecule has 0 amide bonds. The third-order valence-corrected chi connectivity index (χ3v) is 3.94. The minimum Gasteiger partial charge on any atom is -0.497 e. The van der Waals surface area contributed by atoms with Crippen LogP contribution in [-0.4, -0.2) is 7.11 Å². The van der Waals surface area contributed by atoms with Crippen LogP contribution >= 0.6 is 11.6 Å². The lowest BCUT2D eigenvalue weighted by Gasteiger charge is -2.25. The highest BCUT2D eigenvalue weighted by atomic mass is 35.5. The van der Waals surface area contributed by atoms with Crippen LogP contribution in [0.25, 0.3) is 0 Å². The first-order valence-electron chi connectivity index (χ1n) is 6.81. The van der Waals surface area contributed by atoms with Crippen molar-refractivity contribution in [1.82, 2.24) is 0 Å². The number of methoxy groups -OCH3 is 1. The zero-order valence-corrected chi connectivity index (χ0v) is 13.2. The lowest BCUT2D eigenvalue weighted by molar-refractivity contribution is 0.414. The molecule has 2 heteroatoms. The highest BCUT2D eigenvalue weighted by molar-refractivity contribution is 6.22. The van der Waals surface area contributed by atoms with Gasteiger partial charge in [-0.05, 0) is 34.2 Å². The van der Waals surface area contributed by atoms with Gasteiger partial charge >= 0.3 is 0 Å². The average Bonchev–Trinajstić information content (AvgIpc) is 2.46. The molecule has 0 aromatic heterocycles. The number of halogens is 1. The highest BCUT2D eigenvalue weighted by Crippen LogP contribution is 2.36. The van der Waals surface area contributed by atoms with Crippen LogP contribution in [0.5, 0.6) is 5.75 Å². The van der Waals surface area contributed by atoms with Crippen molar-refractivity contribution in [3.63, 3.8) is 0 Å². The molecule has 1 unspecified atom stereocenters. The Kier molecular flexibility index (Phi) is 4.39. The Bertz CT molecular complexity index is 567. The van der Waals surface area contributed by atoms with Crippen LogP contribution in [0.3, 0.4) is 0 Å². The van der Waals surface area contributed by atoms with Crippen molar-refractivity contribution >= 4 is 11.6 Å². The van der Waals surface area contributed by atoms with Gasteiger partial charge in [0.15, 0.2) is 0 Å². The number of hydrogen-bond acceptors (Lipinski definition) is 1. The van der Waals surface area contributed by atoms with Gasteiger partial charge in [-0.15, -0.1) is 11.6 Å². The van der Waals surface area contributed by atoms with Gasteiger partial charge in [0.25, 0.3) is 0 Å². The summed E-state index contributed by atoms with van der Waals surface area (Å²) in [5.74, 6) is 0.849. The van der Waals surface area contributed by atoms with E-state index in [9.17, 15) is 0 Å². The van der Waals surface area contributed by atoms with E-state index in [2.05, 4.69) is 39.0 Å². The van der Waals surface area contributed by atoms with Gasteiger partial charge in [-0.2, -0.15) is 0 Å². The predicted octanol–water partition coefficient (Wildman–Crippen LogP) is 5.32. The van der Waals surface area contributed by atoms with Crippen molar-refractivity contribution < 1.29 is 4.74 Å². The molecule has 0 aliphatic heterocycles. The molecule has 0 saturated carbocycles. The highest BCUT2D eigenvalue weighted by Gasteiger charge is 2.22. The maximum absolute atomic E-state index is 6.70. The van der Waals surface area contributed by atoms with Crippen LogP contribution < -0.4 is 4.74 Å². The molecule has 0 aliphatic rings. The molecular formula is C18H21ClO.